The van der Waals surface area contributed by atoms with Crippen LogP contribution < -0.4 is 15.4 Å². The molecule has 0 spiro atoms. The highest BCUT2D eigenvalue weighted by Gasteiger charge is 2.30. The summed E-state index contributed by atoms with van der Waals surface area (Å²) in [6.07, 6.45) is 3.12. The molecule has 0 radical (unpaired) electrons. The van der Waals surface area contributed by atoms with Crippen molar-refractivity contribution in [3.05, 3.63) is 78.0 Å². The molecule has 1 aliphatic rings. The monoisotopic (exact) mass is 537 g/mol. The van der Waals surface area contributed by atoms with Crippen LogP contribution in [-0.2, 0) is 16.1 Å². The minimum absolute atomic E-state index is 0.122. The SMILES string of the molecule is CC(C)(C)OC(=O)NC1CCC[C@H](C(=O)Nc2cc(-c3ccc(F)cc3OCc3ccccc3)c(F)cn2)C1. The van der Waals surface area contributed by atoms with E-state index >= 15 is 0 Å². The Kier molecular flexibility index (Phi) is 8.79. The Morgan fingerprint density at radius 1 is 1.03 bits per heavy atom. The van der Waals surface area contributed by atoms with Crippen molar-refractivity contribution in [3.63, 3.8) is 0 Å². The van der Waals surface area contributed by atoms with E-state index in [1.165, 1.54) is 24.3 Å². The second-order valence-electron chi connectivity index (χ2n) is 10.7. The summed E-state index contributed by atoms with van der Waals surface area (Å²) in [6, 6.07) is 14.4. The van der Waals surface area contributed by atoms with Crippen LogP contribution in [-0.4, -0.2) is 28.6 Å². The van der Waals surface area contributed by atoms with E-state index < -0.39 is 23.3 Å². The quantitative estimate of drug-likeness (QED) is 0.353. The number of hydrogen-bond acceptors (Lipinski definition) is 5. The van der Waals surface area contributed by atoms with E-state index in [0.717, 1.165) is 24.6 Å². The lowest BCUT2D eigenvalue weighted by Gasteiger charge is -2.30. The second kappa shape index (κ2) is 12.2. The first-order valence-electron chi connectivity index (χ1n) is 13.0. The number of aromatic nitrogens is 1. The largest absolute Gasteiger partial charge is 0.488 e. The molecular weight excluding hydrogens is 504 g/mol. The van der Waals surface area contributed by atoms with Gasteiger partial charge in [0.05, 0.1) is 6.20 Å². The van der Waals surface area contributed by atoms with Crippen molar-refractivity contribution < 1.29 is 27.8 Å². The van der Waals surface area contributed by atoms with Crippen LogP contribution in [0.3, 0.4) is 0 Å². The third-order valence-electron chi connectivity index (χ3n) is 6.34. The van der Waals surface area contributed by atoms with Crippen LogP contribution in [0.1, 0.15) is 52.0 Å². The first-order chi connectivity index (χ1) is 18.6. The van der Waals surface area contributed by atoms with Gasteiger partial charge in [0, 0.05) is 29.2 Å². The van der Waals surface area contributed by atoms with Gasteiger partial charge < -0.3 is 20.1 Å². The molecule has 2 atom stereocenters. The molecule has 4 rings (SSSR count). The molecule has 2 amide bonds. The van der Waals surface area contributed by atoms with Gasteiger partial charge in [0.15, 0.2) is 0 Å². The summed E-state index contributed by atoms with van der Waals surface area (Å²) in [5.74, 6) is -1.44. The summed E-state index contributed by atoms with van der Waals surface area (Å²) in [6.45, 7) is 5.54. The van der Waals surface area contributed by atoms with E-state index in [0.29, 0.717) is 18.4 Å². The maximum absolute atomic E-state index is 14.9. The Hall–Kier alpha value is -4.01. The highest BCUT2D eigenvalue weighted by Crippen LogP contribution is 2.34. The molecule has 2 N–H and O–H groups in total. The molecule has 206 valence electrons. The summed E-state index contributed by atoms with van der Waals surface area (Å²) >= 11 is 0. The van der Waals surface area contributed by atoms with Gasteiger partial charge in [-0.2, -0.15) is 0 Å². The summed E-state index contributed by atoms with van der Waals surface area (Å²) in [4.78, 5) is 29.3. The zero-order valence-corrected chi connectivity index (χ0v) is 22.3. The van der Waals surface area contributed by atoms with Crippen molar-refractivity contribution in [2.75, 3.05) is 5.32 Å². The molecule has 1 aromatic heterocycles. The molecular formula is C30H33F2N3O4. The van der Waals surface area contributed by atoms with Crippen LogP contribution in [0.2, 0.25) is 0 Å². The molecule has 39 heavy (non-hydrogen) atoms. The van der Waals surface area contributed by atoms with Gasteiger partial charge in [-0.05, 0) is 63.8 Å². The van der Waals surface area contributed by atoms with Crippen molar-refractivity contribution >= 4 is 17.8 Å². The van der Waals surface area contributed by atoms with Crippen LogP contribution in [0.4, 0.5) is 19.4 Å². The average molecular weight is 538 g/mol. The highest BCUT2D eigenvalue weighted by atomic mass is 19.1. The topological polar surface area (TPSA) is 89.5 Å². The number of amides is 2. The summed E-state index contributed by atoms with van der Waals surface area (Å²) in [7, 11) is 0. The third-order valence-corrected chi connectivity index (χ3v) is 6.34. The fourth-order valence-electron chi connectivity index (χ4n) is 4.55. The lowest BCUT2D eigenvalue weighted by molar-refractivity contribution is -0.121. The zero-order chi connectivity index (χ0) is 28.0. The van der Waals surface area contributed by atoms with Crippen molar-refractivity contribution in [3.8, 4) is 16.9 Å². The van der Waals surface area contributed by atoms with Crippen LogP contribution >= 0.6 is 0 Å². The summed E-state index contributed by atoms with van der Waals surface area (Å²) < 4.78 is 40.1. The maximum Gasteiger partial charge on any atom is 0.407 e. The average Bonchev–Trinajstić information content (AvgIpc) is 2.88. The lowest BCUT2D eigenvalue weighted by Crippen LogP contribution is -2.43. The molecule has 1 saturated carbocycles. The number of ether oxygens (including phenoxy) is 2. The molecule has 2 aromatic carbocycles. The van der Waals surface area contributed by atoms with Crippen molar-refractivity contribution in [1.82, 2.24) is 10.3 Å². The van der Waals surface area contributed by atoms with Gasteiger partial charge in [-0.25, -0.2) is 18.6 Å². The molecule has 7 nitrogen and oxygen atoms in total. The Morgan fingerprint density at radius 2 is 1.79 bits per heavy atom. The number of benzene rings is 2. The van der Waals surface area contributed by atoms with Crippen LogP contribution in [0, 0.1) is 17.6 Å². The Balaban J connectivity index is 1.46. The first kappa shape index (κ1) is 28.0. The predicted octanol–water partition coefficient (Wildman–Crippen LogP) is 6.63. The van der Waals surface area contributed by atoms with E-state index in [4.69, 9.17) is 9.47 Å². The second-order valence-corrected chi connectivity index (χ2v) is 10.7. The Morgan fingerprint density at radius 3 is 2.54 bits per heavy atom. The van der Waals surface area contributed by atoms with Gasteiger partial charge in [-0.15, -0.1) is 0 Å². The van der Waals surface area contributed by atoms with Crippen molar-refractivity contribution in [2.45, 2.75) is 64.7 Å². The van der Waals surface area contributed by atoms with E-state index in [1.54, 1.807) is 20.8 Å². The Labute approximate surface area is 226 Å². The maximum atomic E-state index is 14.9. The molecule has 0 bridgehead atoms. The van der Waals surface area contributed by atoms with Gasteiger partial charge in [-0.3, -0.25) is 4.79 Å². The number of anilines is 1. The van der Waals surface area contributed by atoms with E-state index in [9.17, 15) is 18.4 Å². The van der Waals surface area contributed by atoms with Crippen LogP contribution in [0.5, 0.6) is 5.75 Å². The predicted molar refractivity (Wildman–Crippen MR) is 144 cm³/mol. The van der Waals surface area contributed by atoms with Crippen molar-refractivity contribution in [2.24, 2.45) is 5.92 Å². The molecule has 9 heteroatoms. The minimum atomic E-state index is -0.636. The molecule has 1 aliphatic carbocycles. The van der Waals surface area contributed by atoms with Crippen LogP contribution in [0.15, 0.2) is 60.8 Å². The normalized spacial score (nSPS) is 17.3. The molecule has 0 aliphatic heterocycles. The smallest absolute Gasteiger partial charge is 0.407 e. The summed E-state index contributed by atoms with van der Waals surface area (Å²) in [5, 5.41) is 5.62. The van der Waals surface area contributed by atoms with Gasteiger partial charge >= 0.3 is 6.09 Å². The fourth-order valence-corrected chi connectivity index (χ4v) is 4.55. The number of rotatable bonds is 7. The van der Waals surface area contributed by atoms with Crippen LogP contribution in [0.25, 0.3) is 11.1 Å². The van der Waals surface area contributed by atoms with E-state index in [2.05, 4.69) is 15.6 Å². The molecule has 1 unspecified atom stereocenters. The van der Waals surface area contributed by atoms with E-state index in [-0.39, 0.29) is 41.6 Å². The lowest BCUT2D eigenvalue weighted by atomic mass is 9.85. The van der Waals surface area contributed by atoms with Gasteiger partial charge in [0.25, 0.3) is 0 Å². The Bertz CT molecular complexity index is 1310. The number of alkyl carbamates (subject to hydrolysis) is 1. The number of pyridine rings is 1. The molecule has 0 saturated heterocycles. The van der Waals surface area contributed by atoms with Gasteiger partial charge in [-0.1, -0.05) is 36.8 Å². The van der Waals surface area contributed by atoms with Gasteiger partial charge in [0.1, 0.15) is 35.4 Å². The number of nitrogens with one attached hydrogen (secondary N) is 2. The number of hydrogen-bond donors (Lipinski definition) is 2. The fraction of sp³-hybridized carbons (Fsp3) is 0.367. The molecule has 3 aromatic rings. The summed E-state index contributed by atoms with van der Waals surface area (Å²) in [5.41, 5.74) is 0.722. The van der Waals surface area contributed by atoms with Crippen molar-refractivity contribution in [1.29, 1.82) is 0 Å². The highest BCUT2D eigenvalue weighted by molar-refractivity contribution is 5.92. The molecule has 1 fully saturated rings. The standard InChI is InChI=1S/C30H33F2N3O4/c1-30(2,3)39-29(37)34-22-11-7-10-20(14-22)28(36)35-27-16-24(25(32)17-33-27)23-13-12-21(31)15-26(23)38-18-19-8-5-4-6-9-19/h4-6,8-9,12-13,15-17,20,22H,7,10-11,14,18H2,1-3H3,(H,34,37)(H,33,35,36)/t20-,22?/m0/s1. The zero-order valence-electron chi connectivity index (χ0n) is 22.3. The minimum Gasteiger partial charge on any atom is -0.488 e. The van der Waals surface area contributed by atoms with E-state index in [1.807, 2.05) is 30.3 Å². The third kappa shape index (κ3) is 7.99. The number of carbonyl (C=O) groups excluding carboxylic acids is 2. The first-order valence-corrected chi connectivity index (χ1v) is 13.0. The number of carbonyl (C=O) groups is 2. The number of nitrogens with zero attached hydrogens (tertiary/aromatic N) is 1. The van der Waals surface area contributed by atoms with Gasteiger partial charge in [0.2, 0.25) is 5.91 Å². The number of halogens is 2. The molecule has 1 heterocycles.